The quantitative estimate of drug-likeness (QED) is 0.557. The predicted octanol–water partition coefficient (Wildman–Crippen LogP) is 4.63. The van der Waals surface area contributed by atoms with Gasteiger partial charge in [0.2, 0.25) is 0 Å². The highest BCUT2D eigenvalue weighted by molar-refractivity contribution is 5.41. The second kappa shape index (κ2) is 3.33. The van der Waals surface area contributed by atoms with Gasteiger partial charge >= 0.3 is 35.3 Å². The summed E-state index contributed by atoms with van der Waals surface area (Å²) in [6.45, 7) is -1.60. The number of hydrogen-bond acceptors (Lipinski definition) is 0. The van der Waals surface area contributed by atoms with Crippen molar-refractivity contribution in [2.24, 2.45) is 5.41 Å². The lowest BCUT2D eigenvalue weighted by Crippen LogP contribution is -2.97. The molecule has 3 aliphatic rings. The maximum absolute atomic E-state index is 14.0. The normalized spacial score (nSPS) is 49.9. The maximum Gasteiger partial charge on any atom is 0.356 e. The molecule has 0 N–H and O–H groups in total. The Kier molecular flexibility index (Phi) is 2.65. The molecule has 2 bridgehead atoms. The summed E-state index contributed by atoms with van der Waals surface area (Å²) in [5, 5.41) is 0. The number of halogens is 12. The molecule has 1 unspecified atom stereocenters. The van der Waals surface area contributed by atoms with Crippen molar-refractivity contribution in [2.75, 3.05) is 0 Å². The first-order valence-corrected chi connectivity index (χ1v) is 5.52. The Labute approximate surface area is 114 Å². The average Bonchev–Trinajstić information content (AvgIpc) is 2.32. The van der Waals surface area contributed by atoms with Gasteiger partial charge in [-0.25, -0.2) is 8.78 Å². The lowest BCUT2D eigenvalue weighted by atomic mass is 9.44. The van der Waals surface area contributed by atoms with Gasteiger partial charge in [0.15, 0.2) is 5.67 Å². The van der Waals surface area contributed by atoms with Crippen molar-refractivity contribution in [3.05, 3.63) is 0 Å². The Morgan fingerprint density at radius 3 is 0.955 bits per heavy atom. The monoisotopic (exact) mass is 354 g/mol. The molecular weight excluding hydrogens is 348 g/mol. The van der Waals surface area contributed by atoms with Gasteiger partial charge in [0, 0.05) is 0 Å². The molecule has 130 valence electrons. The predicted molar refractivity (Wildman–Crippen MR) is 46.2 cm³/mol. The zero-order chi connectivity index (χ0) is 18.0. The van der Waals surface area contributed by atoms with Crippen LogP contribution in [0.3, 0.4) is 0 Å². The Bertz CT molecular complexity index is 410. The topological polar surface area (TPSA) is 0 Å². The van der Waals surface area contributed by atoms with E-state index in [2.05, 4.69) is 0 Å². The summed E-state index contributed by atoms with van der Waals surface area (Å²) in [6.07, 6.45) is 0. The van der Waals surface area contributed by atoms with Crippen molar-refractivity contribution in [3.63, 3.8) is 0 Å². The summed E-state index contributed by atoms with van der Waals surface area (Å²) < 4.78 is 163. The molecule has 3 rings (SSSR count). The highest BCUT2D eigenvalue weighted by Gasteiger charge is 3.11. The Morgan fingerprint density at radius 2 is 0.682 bits per heavy atom. The van der Waals surface area contributed by atoms with Crippen LogP contribution in [0.25, 0.3) is 0 Å². The van der Waals surface area contributed by atoms with Crippen LogP contribution < -0.4 is 0 Å². The number of fused-ring (bicyclic) bond motifs is 3. The van der Waals surface area contributed by atoms with E-state index < -0.39 is 60.2 Å². The summed E-state index contributed by atoms with van der Waals surface area (Å²) in [6, 6.07) is 0. The van der Waals surface area contributed by atoms with Crippen LogP contribution in [0.4, 0.5) is 52.7 Å². The SMILES string of the molecule is CC1(F)C(F)(F)C2(F)C(F)(F)C(F)(F)C1(C)C(F)(F)C2(F)F. The van der Waals surface area contributed by atoms with Crippen LogP contribution in [0, 0.1) is 5.41 Å². The fourth-order valence-electron chi connectivity index (χ4n) is 3.08. The van der Waals surface area contributed by atoms with Gasteiger partial charge in [-0.1, -0.05) is 0 Å². The molecule has 1 atom stereocenters. The summed E-state index contributed by atoms with van der Waals surface area (Å²) in [4.78, 5) is 0. The van der Waals surface area contributed by atoms with E-state index in [1.165, 1.54) is 0 Å². The van der Waals surface area contributed by atoms with Crippen molar-refractivity contribution < 1.29 is 52.7 Å². The third-order valence-corrected chi connectivity index (χ3v) is 4.87. The molecule has 0 saturated heterocycles. The molecule has 3 saturated carbocycles. The molecule has 3 aliphatic carbocycles. The van der Waals surface area contributed by atoms with Crippen LogP contribution in [-0.4, -0.2) is 41.0 Å². The minimum absolute atomic E-state index is 0.729. The van der Waals surface area contributed by atoms with E-state index in [-0.39, 0.29) is 0 Å². The molecule has 0 heterocycles. The van der Waals surface area contributed by atoms with Crippen molar-refractivity contribution in [3.8, 4) is 0 Å². The van der Waals surface area contributed by atoms with Crippen molar-refractivity contribution >= 4 is 0 Å². The zero-order valence-corrected chi connectivity index (χ0v) is 10.5. The molecule has 12 heteroatoms. The molecule has 0 amide bonds. The molecule has 0 nitrogen and oxygen atoms in total. The van der Waals surface area contributed by atoms with E-state index in [0.717, 1.165) is 0 Å². The zero-order valence-electron chi connectivity index (χ0n) is 10.5. The second-order valence-electron chi connectivity index (χ2n) is 5.66. The van der Waals surface area contributed by atoms with E-state index in [1.54, 1.807) is 0 Å². The van der Waals surface area contributed by atoms with Gasteiger partial charge in [0.05, 0.1) is 0 Å². The highest BCUT2D eigenvalue weighted by atomic mass is 19.4. The van der Waals surface area contributed by atoms with Crippen molar-refractivity contribution in [2.45, 2.75) is 54.8 Å². The van der Waals surface area contributed by atoms with E-state index in [1.807, 2.05) is 0 Å². The smallest absolute Gasteiger partial charge is 0.236 e. The molecule has 0 radical (unpaired) electrons. The molecule has 0 spiro atoms. The second-order valence-corrected chi connectivity index (χ2v) is 5.66. The highest BCUT2D eigenvalue weighted by Crippen LogP contribution is 2.83. The van der Waals surface area contributed by atoms with Gasteiger partial charge in [-0.15, -0.1) is 0 Å². The minimum atomic E-state index is -7.12. The maximum atomic E-state index is 14.0. The Balaban J connectivity index is 3.11. The van der Waals surface area contributed by atoms with Gasteiger partial charge in [0.25, 0.3) is 0 Å². The van der Waals surface area contributed by atoms with Crippen molar-refractivity contribution in [1.29, 1.82) is 0 Å². The first-order chi connectivity index (χ1) is 9.25. The van der Waals surface area contributed by atoms with Crippen LogP contribution in [0.2, 0.25) is 0 Å². The summed E-state index contributed by atoms with van der Waals surface area (Å²) >= 11 is 0. The first-order valence-electron chi connectivity index (χ1n) is 5.52. The number of alkyl halides is 12. The fourth-order valence-corrected chi connectivity index (χ4v) is 3.08. The third-order valence-electron chi connectivity index (χ3n) is 4.87. The van der Waals surface area contributed by atoms with E-state index in [4.69, 9.17) is 0 Å². The summed E-state index contributed by atoms with van der Waals surface area (Å²) in [5.74, 6) is -33.5. The molecule has 3 fully saturated rings. The average molecular weight is 354 g/mol. The van der Waals surface area contributed by atoms with Gasteiger partial charge in [0.1, 0.15) is 5.41 Å². The number of rotatable bonds is 0. The van der Waals surface area contributed by atoms with Gasteiger partial charge < -0.3 is 0 Å². The van der Waals surface area contributed by atoms with Crippen LogP contribution in [-0.2, 0) is 0 Å². The van der Waals surface area contributed by atoms with Crippen molar-refractivity contribution in [1.82, 2.24) is 0 Å². The lowest BCUT2D eigenvalue weighted by Gasteiger charge is -2.68. The first kappa shape index (κ1) is 17.5. The van der Waals surface area contributed by atoms with Gasteiger partial charge in [-0.2, -0.15) is 43.9 Å². The third kappa shape index (κ3) is 0.983. The Morgan fingerprint density at radius 1 is 0.409 bits per heavy atom. The molecule has 22 heavy (non-hydrogen) atoms. The van der Waals surface area contributed by atoms with Gasteiger partial charge in [-0.3, -0.25) is 0 Å². The van der Waals surface area contributed by atoms with E-state index in [0.29, 0.717) is 0 Å². The Hall–Kier alpha value is -0.840. The largest absolute Gasteiger partial charge is 0.356 e. The number of hydrogen-bond donors (Lipinski definition) is 0. The van der Waals surface area contributed by atoms with Crippen LogP contribution in [0.1, 0.15) is 13.8 Å². The standard InChI is InChI=1S/C10H6F12/c1-3-4(2,11)8(17,18)5(12,9(19,20)6(3,13)14)10(21,22)7(3,15)16/h1-2H3. The van der Waals surface area contributed by atoms with Crippen LogP contribution in [0.15, 0.2) is 0 Å². The molecular formula is C10H6F12. The van der Waals surface area contributed by atoms with Crippen LogP contribution in [0.5, 0.6) is 0 Å². The van der Waals surface area contributed by atoms with Crippen LogP contribution >= 0.6 is 0 Å². The fraction of sp³-hybridized carbons (Fsp3) is 1.00. The van der Waals surface area contributed by atoms with Gasteiger partial charge in [-0.05, 0) is 13.8 Å². The molecule has 0 aliphatic heterocycles. The van der Waals surface area contributed by atoms with E-state index in [9.17, 15) is 52.7 Å². The molecule has 0 aromatic heterocycles. The molecule has 0 aromatic carbocycles. The lowest BCUT2D eigenvalue weighted by molar-refractivity contribution is -0.553. The summed E-state index contributed by atoms with van der Waals surface area (Å²) in [7, 11) is 0. The minimum Gasteiger partial charge on any atom is -0.236 e. The summed E-state index contributed by atoms with van der Waals surface area (Å²) in [5.41, 5.74) is -18.1. The molecule has 0 aromatic rings. The van der Waals surface area contributed by atoms with E-state index >= 15 is 0 Å².